The number of nitrogens with one attached hydrogen (secondary N) is 1. The van der Waals surface area contributed by atoms with Crippen molar-refractivity contribution < 1.29 is 14.3 Å². The fourth-order valence-corrected chi connectivity index (χ4v) is 2.69. The molecule has 0 bridgehead atoms. The zero-order valence-electron chi connectivity index (χ0n) is 15.3. The van der Waals surface area contributed by atoms with Crippen LogP contribution in [0.1, 0.15) is 38.1 Å². The number of hydrogen-bond acceptors (Lipinski definition) is 3. The second-order valence-electron chi connectivity index (χ2n) is 6.18. The van der Waals surface area contributed by atoms with Crippen molar-refractivity contribution in [3.8, 4) is 5.75 Å². The van der Waals surface area contributed by atoms with Gasteiger partial charge in [-0.2, -0.15) is 0 Å². The molecule has 5 nitrogen and oxygen atoms in total. The summed E-state index contributed by atoms with van der Waals surface area (Å²) < 4.78 is 5.71. The minimum absolute atomic E-state index is 0.0458. The molecule has 1 N–H and O–H groups in total. The number of nitrogens with zero attached hydrogens (tertiary/aromatic N) is 1. The number of fused-ring (bicyclic) bond motifs is 1. The van der Waals surface area contributed by atoms with E-state index in [1.54, 1.807) is 4.90 Å². The Bertz CT molecular complexity index is 752. The first-order chi connectivity index (χ1) is 12.0. The average Bonchev–Trinajstić information content (AvgIpc) is 2.59. The summed E-state index contributed by atoms with van der Waals surface area (Å²) in [6.45, 7) is 8.80. The molecule has 0 heterocycles. The highest BCUT2D eigenvalue weighted by atomic mass is 16.5. The largest absolute Gasteiger partial charge is 0.483 e. The van der Waals surface area contributed by atoms with E-state index in [0.29, 0.717) is 24.4 Å². The Morgan fingerprint density at radius 1 is 1.08 bits per heavy atom. The predicted molar refractivity (Wildman–Crippen MR) is 100.0 cm³/mol. The van der Waals surface area contributed by atoms with E-state index in [1.165, 1.54) is 0 Å². The predicted octanol–water partition coefficient (Wildman–Crippen LogP) is 3.23. The third kappa shape index (κ3) is 4.72. The minimum atomic E-state index is -0.204. The van der Waals surface area contributed by atoms with Gasteiger partial charge in [0.05, 0.1) is 5.56 Å². The Labute approximate surface area is 149 Å². The van der Waals surface area contributed by atoms with Crippen LogP contribution >= 0.6 is 0 Å². The molecule has 25 heavy (non-hydrogen) atoms. The van der Waals surface area contributed by atoms with Crippen LogP contribution in [0.3, 0.4) is 0 Å². The number of carbonyl (C=O) groups excluding carboxylic acids is 2. The van der Waals surface area contributed by atoms with E-state index in [0.717, 1.165) is 10.8 Å². The monoisotopic (exact) mass is 342 g/mol. The van der Waals surface area contributed by atoms with Gasteiger partial charge in [0, 0.05) is 19.1 Å². The highest BCUT2D eigenvalue weighted by Gasteiger charge is 2.19. The summed E-state index contributed by atoms with van der Waals surface area (Å²) >= 11 is 0. The summed E-state index contributed by atoms with van der Waals surface area (Å²) in [6, 6.07) is 11.5. The SMILES string of the molecule is CCN(CC)C(=O)c1cc2ccccc2cc1OCC(=O)NC(C)C. The molecule has 0 spiro atoms. The van der Waals surface area contributed by atoms with E-state index in [-0.39, 0.29) is 24.5 Å². The Morgan fingerprint density at radius 3 is 2.24 bits per heavy atom. The van der Waals surface area contributed by atoms with Crippen LogP contribution in [-0.4, -0.2) is 42.5 Å². The lowest BCUT2D eigenvalue weighted by atomic mass is 10.0. The molecule has 0 aliphatic heterocycles. The van der Waals surface area contributed by atoms with Gasteiger partial charge in [0.15, 0.2) is 6.61 Å². The molecule has 2 rings (SSSR count). The van der Waals surface area contributed by atoms with Crippen LogP contribution in [0, 0.1) is 0 Å². The molecule has 0 unspecified atom stereocenters. The van der Waals surface area contributed by atoms with Crippen LogP contribution in [0.4, 0.5) is 0 Å². The Balaban J connectivity index is 2.36. The van der Waals surface area contributed by atoms with Crippen molar-refractivity contribution in [2.45, 2.75) is 33.7 Å². The van der Waals surface area contributed by atoms with Gasteiger partial charge in [0.2, 0.25) is 0 Å². The molecule has 0 fully saturated rings. The molecule has 0 aromatic heterocycles. The van der Waals surface area contributed by atoms with Crippen LogP contribution in [0.25, 0.3) is 10.8 Å². The average molecular weight is 342 g/mol. The minimum Gasteiger partial charge on any atom is -0.483 e. The van der Waals surface area contributed by atoms with Gasteiger partial charge in [-0.1, -0.05) is 24.3 Å². The summed E-state index contributed by atoms with van der Waals surface area (Å²) in [5.74, 6) is 0.147. The zero-order chi connectivity index (χ0) is 18.4. The van der Waals surface area contributed by atoms with Crippen molar-refractivity contribution in [3.63, 3.8) is 0 Å². The molecule has 0 saturated heterocycles. The third-order valence-corrected chi connectivity index (χ3v) is 3.94. The second-order valence-corrected chi connectivity index (χ2v) is 6.18. The third-order valence-electron chi connectivity index (χ3n) is 3.94. The first-order valence-corrected chi connectivity index (χ1v) is 8.70. The fraction of sp³-hybridized carbons (Fsp3) is 0.400. The standard InChI is InChI=1S/C20H26N2O3/c1-5-22(6-2)20(24)17-11-15-9-7-8-10-16(15)12-18(17)25-13-19(23)21-14(3)4/h7-12,14H,5-6,13H2,1-4H3,(H,21,23). The van der Waals surface area contributed by atoms with Crippen molar-refractivity contribution in [1.82, 2.24) is 10.2 Å². The van der Waals surface area contributed by atoms with Gasteiger partial charge in [-0.25, -0.2) is 0 Å². The molecule has 2 aromatic carbocycles. The van der Waals surface area contributed by atoms with Crippen molar-refractivity contribution in [1.29, 1.82) is 0 Å². The number of ether oxygens (including phenoxy) is 1. The Kier molecular flexibility index (Phi) is 6.39. The van der Waals surface area contributed by atoms with Gasteiger partial charge in [-0.3, -0.25) is 9.59 Å². The summed E-state index contributed by atoms with van der Waals surface area (Å²) in [5.41, 5.74) is 0.486. The summed E-state index contributed by atoms with van der Waals surface area (Å²) in [4.78, 5) is 26.5. The van der Waals surface area contributed by atoms with Crippen molar-refractivity contribution in [2.75, 3.05) is 19.7 Å². The number of rotatable bonds is 7. The second kappa shape index (κ2) is 8.51. The lowest BCUT2D eigenvalue weighted by Crippen LogP contribution is -2.34. The highest BCUT2D eigenvalue weighted by Crippen LogP contribution is 2.27. The van der Waals surface area contributed by atoms with Crippen molar-refractivity contribution in [2.24, 2.45) is 0 Å². The van der Waals surface area contributed by atoms with E-state index in [9.17, 15) is 9.59 Å². The topological polar surface area (TPSA) is 58.6 Å². The molecule has 2 aromatic rings. The highest BCUT2D eigenvalue weighted by molar-refractivity contribution is 6.01. The molecular formula is C20H26N2O3. The normalized spacial score (nSPS) is 10.8. The fourth-order valence-electron chi connectivity index (χ4n) is 2.69. The zero-order valence-corrected chi connectivity index (χ0v) is 15.3. The molecule has 134 valence electrons. The van der Waals surface area contributed by atoms with Gasteiger partial charge in [0.1, 0.15) is 5.75 Å². The van der Waals surface area contributed by atoms with Gasteiger partial charge in [-0.05, 0) is 50.6 Å². The molecule has 0 saturated carbocycles. The lowest BCUT2D eigenvalue weighted by Gasteiger charge is -2.21. The van der Waals surface area contributed by atoms with Crippen LogP contribution in [0.2, 0.25) is 0 Å². The Morgan fingerprint density at radius 2 is 1.68 bits per heavy atom. The van der Waals surface area contributed by atoms with Crippen LogP contribution in [0.15, 0.2) is 36.4 Å². The van der Waals surface area contributed by atoms with Gasteiger partial charge >= 0.3 is 0 Å². The molecule has 5 heteroatoms. The maximum absolute atomic E-state index is 12.8. The van der Waals surface area contributed by atoms with Gasteiger partial charge in [-0.15, -0.1) is 0 Å². The van der Waals surface area contributed by atoms with Crippen LogP contribution < -0.4 is 10.1 Å². The maximum atomic E-state index is 12.8. The van der Waals surface area contributed by atoms with Gasteiger partial charge < -0.3 is 15.0 Å². The lowest BCUT2D eigenvalue weighted by molar-refractivity contribution is -0.123. The van der Waals surface area contributed by atoms with E-state index >= 15 is 0 Å². The van der Waals surface area contributed by atoms with E-state index in [2.05, 4.69) is 5.32 Å². The molecule has 0 atom stereocenters. The number of carbonyl (C=O) groups is 2. The van der Waals surface area contributed by atoms with E-state index < -0.39 is 0 Å². The van der Waals surface area contributed by atoms with Crippen LogP contribution in [0.5, 0.6) is 5.75 Å². The number of amides is 2. The first-order valence-electron chi connectivity index (χ1n) is 8.70. The summed E-state index contributed by atoms with van der Waals surface area (Å²) in [6.07, 6.45) is 0. The van der Waals surface area contributed by atoms with Crippen LogP contribution in [-0.2, 0) is 4.79 Å². The van der Waals surface area contributed by atoms with E-state index in [4.69, 9.17) is 4.74 Å². The van der Waals surface area contributed by atoms with Gasteiger partial charge in [0.25, 0.3) is 11.8 Å². The smallest absolute Gasteiger partial charge is 0.258 e. The molecule has 0 aliphatic carbocycles. The molecule has 2 amide bonds. The molecular weight excluding hydrogens is 316 g/mol. The molecule has 0 radical (unpaired) electrons. The quantitative estimate of drug-likeness (QED) is 0.840. The maximum Gasteiger partial charge on any atom is 0.258 e. The summed E-state index contributed by atoms with van der Waals surface area (Å²) in [7, 11) is 0. The van der Waals surface area contributed by atoms with E-state index in [1.807, 2.05) is 64.1 Å². The summed E-state index contributed by atoms with van der Waals surface area (Å²) in [5, 5.41) is 4.72. The number of hydrogen-bond donors (Lipinski definition) is 1. The first kappa shape index (κ1) is 18.8. The van der Waals surface area contributed by atoms with Crippen molar-refractivity contribution in [3.05, 3.63) is 42.0 Å². The Hall–Kier alpha value is -2.56. The van der Waals surface area contributed by atoms with Crippen molar-refractivity contribution >= 4 is 22.6 Å². The molecule has 0 aliphatic rings. The number of benzene rings is 2.